The van der Waals surface area contributed by atoms with E-state index in [1.807, 2.05) is 36.4 Å². The van der Waals surface area contributed by atoms with E-state index in [0.717, 1.165) is 17.5 Å². The molecular formula is C27H38BrN3O3. The Morgan fingerprint density at radius 1 is 1.18 bits per heavy atom. The van der Waals surface area contributed by atoms with E-state index in [2.05, 4.69) is 33.1 Å². The van der Waals surface area contributed by atoms with E-state index in [9.17, 15) is 9.90 Å². The molecule has 34 heavy (non-hydrogen) atoms. The molecule has 0 aromatic heterocycles. The zero-order valence-electron chi connectivity index (χ0n) is 20.2. The number of rotatable bonds is 12. The van der Waals surface area contributed by atoms with E-state index in [1.165, 1.54) is 32.1 Å². The van der Waals surface area contributed by atoms with Gasteiger partial charge in [0.15, 0.2) is 0 Å². The number of nitrogens with one attached hydrogen (secondary N) is 1. The predicted octanol–water partition coefficient (Wildman–Crippen LogP) is 4.89. The lowest BCUT2D eigenvalue weighted by Gasteiger charge is -2.38. The predicted molar refractivity (Wildman–Crippen MR) is 141 cm³/mol. The number of nitrogen functional groups attached to an aromatic ring is 1. The number of aliphatic hydroxyl groups is 1. The molecule has 7 heteroatoms. The molecule has 0 heterocycles. The van der Waals surface area contributed by atoms with Gasteiger partial charge < -0.3 is 20.9 Å². The lowest BCUT2D eigenvalue weighted by molar-refractivity contribution is 0.0448. The Kier molecular flexibility index (Phi) is 10.4. The number of hydrogen-bond donors (Lipinski definition) is 3. The number of anilines is 1. The molecule has 1 aliphatic rings. The first kappa shape index (κ1) is 26.7. The second-order valence-corrected chi connectivity index (χ2v) is 10.1. The van der Waals surface area contributed by atoms with Crippen molar-refractivity contribution in [3.8, 4) is 0 Å². The Bertz CT molecular complexity index is 917. The maximum Gasteiger partial charge on any atom is 0.338 e. The monoisotopic (exact) mass is 531 g/mol. The molecule has 186 valence electrons. The van der Waals surface area contributed by atoms with Crippen LogP contribution in [0.5, 0.6) is 0 Å². The van der Waals surface area contributed by atoms with Crippen molar-refractivity contribution in [2.45, 2.75) is 64.1 Å². The van der Waals surface area contributed by atoms with Crippen LogP contribution in [-0.4, -0.2) is 47.8 Å². The summed E-state index contributed by atoms with van der Waals surface area (Å²) in [5.74, 6) is -0.367. The molecule has 0 spiro atoms. The summed E-state index contributed by atoms with van der Waals surface area (Å²) < 4.78 is 6.29. The topological polar surface area (TPSA) is 87.8 Å². The minimum Gasteiger partial charge on any atom is -0.461 e. The molecule has 2 aromatic carbocycles. The number of halogens is 1. The van der Waals surface area contributed by atoms with Crippen molar-refractivity contribution in [1.29, 1.82) is 0 Å². The fourth-order valence-corrected chi connectivity index (χ4v) is 5.21. The summed E-state index contributed by atoms with van der Waals surface area (Å²) in [6.07, 6.45) is 7.26. The van der Waals surface area contributed by atoms with Gasteiger partial charge in [-0.2, -0.15) is 0 Å². The van der Waals surface area contributed by atoms with E-state index in [0.29, 0.717) is 41.9 Å². The highest BCUT2D eigenvalue weighted by molar-refractivity contribution is 9.10. The molecule has 1 saturated carbocycles. The first-order chi connectivity index (χ1) is 16.5. The molecule has 0 unspecified atom stereocenters. The van der Waals surface area contributed by atoms with Crippen LogP contribution >= 0.6 is 15.9 Å². The second-order valence-electron chi connectivity index (χ2n) is 9.20. The fraction of sp³-hybridized carbons (Fsp3) is 0.519. The number of benzene rings is 2. The summed E-state index contributed by atoms with van der Waals surface area (Å²) >= 11 is 3.51. The average molecular weight is 533 g/mol. The first-order valence-corrected chi connectivity index (χ1v) is 13.1. The standard InChI is InChI=1S/C27H38BrN3O3/c1-2-27(11-7-4-8-12-27)30-19-23-17-22(18-24(28)25(23)29)26(33)34-16-14-31(13-15-32)20-21-9-5-3-6-10-21/h3,5-6,9-10,17-18,30,32H,2,4,7-8,11-16,19-20,29H2,1H3. The Hall–Kier alpha value is -1.93. The molecule has 6 nitrogen and oxygen atoms in total. The van der Waals surface area contributed by atoms with Crippen molar-refractivity contribution in [2.24, 2.45) is 0 Å². The summed E-state index contributed by atoms with van der Waals surface area (Å²) in [4.78, 5) is 14.9. The van der Waals surface area contributed by atoms with Gasteiger partial charge in [-0.3, -0.25) is 4.90 Å². The highest BCUT2D eigenvalue weighted by atomic mass is 79.9. The van der Waals surface area contributed by atoms with Crippen LogP contribution in [0.3, 0.4) is 0 Å². The number of aliphatic hydroxyl groups excluding tert-OH is 1. The van der Waals surface area contributed by atoms with Crippen molar-refractivity contribution in [3.63, 3.8) is 0 Å². The lowest BCUT2D eigenvalue weighted by atomic mass is 9.79. The van der Waals surface area contributed by atoms with Crippen LogP contribution in [0.1, 0.15) is 66.9 Å². The van der Waals surface area contributed by atoms with Crippen LogP contribution in [0.2, 0.25) is 0 Å². The Morgan fingerprint density at radius 2 is 1.91 bits per heavy atom. The Morgan fingerprint density at radius 3 is 2.59 bits per heavy atom. The van der Waals surface area contributed by atoms with E-state index >= 15 is 0 Å². The van der Waals surface area contributed by atoms with Gasteiger partial charge in [-0.05, 0) is 58.5 Å². The lowest BCUT2D eigenvalue weighted by Crippen LogP contribution is -2.45. The maximum atomic E-state index is 12.8. The highest BCUT2D eigenvalue weighted by Crippen LogP contribution is 2.32. The van der Waals surface area contributed by atoms with Crippen LogP contribution in [0.15, 0.2) is 46.9 Å². The van der Waals surface area contributed by atoms with E-state index in [-0.39, 0.29) is 24.7 Å². The van der Waals surface area contributed by atoms with E-state index in [4.69, 9.17) is 10.5 Å². The molecule has 4 N–H and O–H groups in total. The maximum absolute atomic E-state index is 12.8. The van der Waals surface area contributed by atoms with Crippen molar-refractivity contribution < 1.29 is 14.6 Å². The van der Waals surface area contributed by atoms with Crippen molar-refractivity contribution in [2.75, 3.05) is 32.0 Å². The third-order valence-corrected chi connectivity index (χ3v) is 7.55. The molecule has 0 amide bonds. The normalized spacial score (nSPS) is 15.4. The van der Waals surface area contributed by atoms with Gasteiger partial charge in [0, 0.05) is 36.2 Å². The molecule has 0 bridgehead atoms. The first-order valence-electron chi connectivity index (χ1n) is 12.3. The SMILES string of the molecule is CCC1(NCc2cc(C(=O)OCCN(CCO)Cc3ccccc3)cc(Br)c2N)CCCCC1. The number of nitrogens with zero attached hydrogens (tertiary/aromatic N) is 1. The van der Waals surface area contributed by atoms with Crippen LogP contribution in [0.25, 0.3) is 0 Å². The number of ether oxygens (including phenoxy) is 1. The van der Waals surface area contributed by atoms with Gasteiger partial charge in [-0.15, -0.1) is 0 Å². The molecule has 1 aliphatic carbocycles. The average Bonchev–Trinajstić information content (AvgIpc) is 2.86. The minimum atomic E-state index is -0.367. The quantitative estimate of drug-likeness (QED) is 0.267. The van der Waals surface area contributed by atoms with Gasteiger partial charge in [0.2, 0.25) is 0 Å². The van der Waals surface area contributed by atoms with Gasteiger partial charge in [0.25, 0.3) is 0 Å². The summed E-state index contributed by atoms with van der Waals surface area (Å²) in [6.45, 7) is 4.94. The van der Waals surface area contributed by atoms with Crippen molar-refractivity contribution in [3.05, 3.63) is 63.6 Å². The van der Waals surface area contributed by atoms with Gasteiger partial charge in [-0.25, -0.2) is 4.79 Å². The highest BCUT2D eigenvalue weighted by Gasteiger charge is 2.29. The zero-order chi connectivity index (χ0) is 24.4. The Balaban J connectivity index is 1.59. The van der Waals surface area contributed by atoms with Gasteiger partial charge in [0.05, 0.1) is 17.9 Å². The van der Waals surface area contributed by atoms with Crippen LogP contribution < -0.4 is 11.1 Å². The Labute approximate surface area is 212 Å². The number of carbonyl (C=O) groups excluding carboxylic acids is 1. The number of esters is 1. The third-order valence-electron chi connectivity index (χ3n) is 6.90. The van der Waals surface area contributed by atoms with Crippen LogP contribution in [0, 0.1) is 0 Å². The van der Waals surface area contributed by atoms with E-state index < -0.39 is 0 Å². The largest absolute Gasteiger partial charge is 0.461 e. The van der Waals surface area contributed by atoms with E-state index in [1.54, 1.807) is 6.07 Å². The van der Waals surface area contributed by atoms with Gasteiger partial charge >= 0.3 is 5.97 Å². The summed E-state index contributed by atoms with van der Waals surface area (Å²) in [5.41, 5.74) is 9.69. The zero-order valence-corrected chi connectivity index (χ0v) is 21.8. The molecule has 3 rings (SSSR count). The molecular weight excluding hydrogens is 494 g/mol. The summed E-state index contributed by atoms with van der Waals surface area (Å²) in [7, 11) is 0. The van der Waals surface area contributed by atoms with Gasteiger partial charge in [-0.1, -0.05) is 56.5 Å². The molecule has 0 radical (unpaired) electrons. The molecule has 0 saturated heterocycles. The van der Waals surface area contributed by atoms with Crippen molar-refractivity contribution >= 4 is 27.6 Å². The van der Waals surface area contributed by atoms with Crippen LogP contribution in [-0.2, 0) is 17.8 Å². The number of nitrogens with two attached hydrogens (primary N) is 1. The number of hydrogen-bond acceptors (Lipinski definition) is 6. The van der Waals surface area contributed by atoms with Crippen LogP contribution in [0.4, 0.5) is 5.69 Å². The minimum absolute atomic E-state index is 0.0568. The van der Waals surface area contributed by atoms with Gasteiger partial charge in [0.1, 0.15) is 6.61 Å². The fourth-order valence-electron chi connectivity index (χ4n) is 4.71. The molecule has 2 aromatic rings. The molecule has 0 atom stereocenters. The summed E-state index contributed by atoms with van der Waals surface area (Å²) in [6, 6.07) is 13.6. The molecule has 1 fully saturated rings. The number of carbonyl (C=O) groups is 1. The third kappa shape index (κ3) is 7.54. The summed E-state index contributed by atoms with van der Waals surface area (Å²) in [5, 5.41) is 13.1. The van der Waals surface area contributed by atoms with Crippen molar-refractivity contribution in [1.82, 2.24) is 10.2 Å². The smallest absolute Gasteiger partial charge is 0.338 e. The molecule has 0 aliphatic heterocycles. The second kappa shape index (κ2) is 13.2.